The first-order valence-electron chi connectivity index (χ1n) is 10.5. The summed E-state index contributed by atoms with van der Waals surface area (Å²) in [4.78, 5) is 11.0. The van der Waals surface area contributed by atoms with Crippen LogP contribution in [0.2, 0.25) is 0 Å². The molecule has 0 aliphatic heterocycles. The van der Waals surface area contributed by atoms with Crippen molar-refractivity contribution in [2.24, 2.45) is 11.8 Å². The van der Waals surface area contributed by atoms with Crippen molar-refractivity contribution in [1.82, 2.24) is 0 Å². The quantitative estimate of drug-likeness (QED) is 0.281. The zero-order valence-electron chi connectivity index (χ0n) is 16.8. The molecule has 1 aromatic carbocycles. The van der Waals surface area contributed by atoms with Gasteiger partial charge in [0.1, 0.15) is 5.82 Å². The molecular formula is C22H33FO5S. The van der Waals surface area contributed by atoms with Crippen LogP contribution in [0.3, 0.4) is 0 Å². The van der Waals surface area contributed by atoms with Crippen molar-refractivity contribution in [1.29, 1.82) is 0 Å². The van der Waals surface area contributed by atoms with Gasteiger partial charge < -0.3 is 20.4 Å². The zero-order valence-corrected chi connectivity index (χ0v) is 17.6. The molecule has 0 radical (unpaired) electrons. The van der Waals surface area contributed by atoms with Gasteiger partial charge in [0.15, 0.2) is 0 Å². The maximum absolute atomic E-state index is 13.7. The molecule has 0 saturated heterocycles. The largest absolute Gasteiger partial charge is 0.481 e. The maximum atomic E-state index is 13.7. The highest BCUT2D eigenvalue weighted by molar-refractivity contribution is 7.99. The molecule has 1 saturated carbocycles. The Morgan fingerprint density at radius 2 is 1.72 bits per heavy atom. The lowest BCUT2D eigenvalue weighted by Crippen LogP contribution is -2.24. The van der Waals surface area contributed by atoms with Gasteiger partial charge >= 0.3 is 5.97 Å². The second kappa shape index (κ2) is 12.5. The van der Waals surface area contributed by atoms with Crippen LogP contribution in [0, 0.1) is 17.7 Å². The molecule has 1 aromatic rings. The van der Waals surface area contributed by atoms with Crippen molar-refractivity contribution in [3.63, 3.8) is 0 Å². The van der Waals surface area contributed by atoms with Gasteiger partial charge in [0.2, 0.25) is 0 Å². The summed E-state index contributed by atoms with van der Waals surface area (Å²) in [6.45, 7) is 0. The van der Waals surface area contributed by atoms with E-state index in [1.54, 1.807) is 18.2 Å². The predicted octanol–water partition coefficient (Wildman–Crippen LogP) is 3.84. The number of carbonyl (C=O) groups is 1. The molecule has 0 heterocycles. The smallest absolute Gasteiger partial charge is 0.303 e. The van der Waals surface area contributed by atoms with Gasteiger partial charge in [-0.3, -0.25) is 4.79 Å². The van der Waals surface area contributed by atoms with Crippen LogP contribution in [-0.2, 0) is 4.79 Å². The second-order valence-corrected chi connectivity index (χ2v) is 9.08. The second-order valence-electron chi connectivity index (χ2n) is 8.02. The van der Waals surface area contributed by atoms with Gasteiger partial charge in [-0.2, -0.15) is 0 Å². The molecule has 1 aliphatic rings. The Bertz CT molecular complexity index is 629. The minimum atomic E-state index is -0.772. The van der Waals surface area contributed by atoms with Crippen LogP contribution in [0.4, 0.5) is 4.39 Å². The summed E-state index contributed by atoms with van der Waals surface area (Å²) in [6.07, 6.45) is 4.15. The van der Waals surface area contributed by atoms with E-state index in [1.807, 2.05) is 0 Å². The molecule has 0 amide bonds. The summed E-state index contributed by atoms with van der Waals surface area (Å²) in [7, 11) is 0. The van der Waals surface area contributed by atoms with Crippen molar-refractivity contribution in [3.05, 3.63) is 30.1 Å². The fraction of sp³-hybridized carbons (Fsp3) is 0.682. The molecule has 0 unspecified atom stereocenters. The minimum Gasteiger partial charge on any atom is -0.481 e. The van der Waals surface area contributed by atoms with E-state index in [0.29, 0.717) is 36.3 Å². The zero-order chi connectivity index (χ0) is 21.2. The summed E-state index contributed by atoms with van der Waals surface area (Å²) >= 11 is 1.28. The number of aliphatic carboxylic acids is 1. The summed E-state index contributed by atoms with van der Waals surface area (Å²) in [5, 5.41) is 39.6. The van der Waals surface area contributed by atoms with Gasteiger partial charge in [0.05, 0.1) is 18.3 Å². The lowest BCUT2D eigenvalue weighted by Gasteiger charge is -2.24. The molecule has 0 aromatic heterocycles. The van der Waals surface area contributed by atoms with Gasteiger partial charge in [-0.1, -0.05) is 31.4 Å². The van der Waals surface area contributed by atoms with Gasteiger partial charge in [0.25, 0.3) is 0 Å². The van der Waals surface area contributed by atoms with Gasteiger partial charge in [0, 0.05) is 17.1 Å². The van der Waals surface area contributed by atoms with Crippen molar-refractivity contribution in [3.8, 4) is 0 Å². The molecule has 1 fully saturated rings. The third-order valence-corrected chi connectivity index (χ3v) is 6.99. The van der Waals surface area contributed by atoms with Crippen LogP contribution in [0.1, 0.15) is 57.8 Å². The average molecular weight is 429 g/mol. The molecule has 29 heavy (non-hydrogen) atoms. The molecule has 7 heteroatoms. The fourth-order valence-corrected chi connectivity index (χ4v) is 5.13. The van der Waals surface area contributed by atoms with Crippen molar-refractivity contribution >= 4 is 17.7 Å². The number of thioether (sulfide) groups is 1. The van der Waals surface area contributed by atoms with E-state index in [9.17, 15) is 24.5 Å². The van der Waals surface area contributed by atoms with Crippen molar-refractivity contribution < 1.29 is 29.6 Å². The highest BCUT2D eigenvalue weighted by atomic mass is 32.2. The SMILES string of the molecule is O=C(O)CCCCCC[C@@H]1[C@@H](CC[C@@H](O)CSc2ccccc2F)[C@H](O)C[C@@H]1O. The first kappa shape index (κ1) is 24.1. The molecule has 1 aliphatic carbocycles. The van der Waals surface area contributed by atoms with Crippen LogP contribution < -0.4 is 0 Å². The van der Waals surface area contributed by atoms with E-state index in [4.69, 9.17) is 5.11 Å². The number of benzene rings is 1. The Morgan fingerprint density at radius 1 is 1.07 bits per heavy atom. The van der Waals surface area contributed by atoms with Crippen LogP contribution in [0.5, 0.6) is 0 Å². The minimum absolute atomic E-state index is 0.0101. The average Bonchev–Trinajstić information content (AvgIpc) is 2.94. The van der Waals surface area contributed by atoms with Crippen molar-refractivity contribution in [2.75, 3.05) is 5.75 Å². The first-order chi connectivity index (χ1) is 13.9. The number of aliphatic hydroxyl groups excluding tert-OH is 3. The normalized spacial score (nSPS) is 25.2. The summed E-state index contributed by atoms with van der Waals surface area (Å²) in [5.41, 5.74) is 0. The standard InChI is InChI=1S/C22H33FO5S/c23-18-8-5-6-9-21(18)29-14-15(24)11-12-17-16(19(25)13-20(17)26)7-3-1-2-4-10-22(27)28/h5-6,8-9,15-17,19-20,24-26H,1-4,7,10-14H2,(H,27,28)/t15-,16-,17-,19+,20-/m1/s1. The molecule has 4 N–H and O–H groups in total. The number of hydrogen-bond donors (Lipinski definition) is 4. The predicted molar refractivity (Wildman–Crippen MR) is 111 cm³/mol. The van der Waals surface area contributed by atoms with E-state index in [0.717, 1.165) is 25.7 Å². The van der Waals surface area contributed by atoms with Crippen LogP contribution in [-0.4, -0.2) is 50.5 Å². The fourth-order valence-electron chi connectivity index (χ4n) is 4.21. The lowest BCUT2D eigenvalue weighted by molar-refractivity contribution is -0.137. The van der Waals surface area contributed by atoms with Crippen LogP contribution in [0.15, 0.2) is 29.2 Å². The van der Waals surface area contributed by atoms with Crippen LogP contribution >= 0.6 is 11.8 Å². The number of aliphatic hydroxyl groups is 3. The molecule has 0 spiro atoms. The Balaban J connectivity index is 1.72. The number of rotatable bonds is 13. The Kier molecular flexibility index (Phi) is 10.4. The monoisotopic (exact) mass is 428 g/mol. The molecule has 2 rings (SSSR count). The highest BCUT2D eigenvalue weighted by Gasteiger charge is 2.40. The third kappa shape index (κ3) is 8.24. The van der Waals surface area contributed by atoms with Gasteiger partial charge in [-0.25, -0.2) is 4.39 Å². The Hall–Kier alpha value is -1.15. The Labute approximate surface area is 176 Å². The third-order valence-electron chi connectivity index (χ3n) is 5.80. The van der Waals surface area contributed by atoms with Gasteiger partial charge in [-0.05, 0) is 56.1 Å². The number of halogens is 1. The maximum Gasteiger partial charge on any atom is 0.303 e. The van der Waals surface area contributed by atoms with Crippen molar-refractivity contribution in [2.45, 2.75) is 81.0 Å². The molecular weight excluding hydrogens is 395 g/mol. The summed E-state index contributed by atoms with van der Waals surface area (Å²) < 4.78 is 13.7. The highest BCUT2D eigenvalue weighted by Crippen LogP contribution is 2.39. The van der Waals surface area contributed by atoms with E-state index >= 15 is 0 Å². The Morgan fingerprint density at radius 3 is 2.41 bits per heavy atom. The molecule has 5 nitrogen and oxygen atoms in total. The number of hydrogen-bond acceptors (Lipinski definition) is 5. The molecule has 164 valence electrons. The first-order valence-corrected chi connectivity index (χ1v) is 11.5. The number of unbranched alkanes of at least 4 members (excludes halogenated alkanes) is 3. The number of carboxylic acid groups (broad SMARTS) is 1. The molecule has 0 bridgehead atoms. The van der Waals surface area contributed by atoms with E-state index in [-0.39, 0.29) is 24.1 Å². The van der Waals surface area contributed by atoms with E-state index in [2.05, 4.69) is 0 Å². The lowest BCUT2D eigenvalue weighted by atomic mass is 9.85. The molecule has 5 atom stereocenters. The van der Waals surface area contributed by atoms with E-state index < -0.39 is 24.3 Å². The summed E-state index contributed by atoms with van der Waals surface area (Å²) in [6, 6.07) is 6.49. The van der Waals surface area contributed by atoms with E-state index in [1.165, 1.54) is 17.8 Å². The topological polar surface area (TPSA) is 98.0 Å². The van der Waals surface area contributed by atoms with Crippen LogP contribution in [0.25, 0.3) is 0 Å². The number of carboxylic acids is 1. The van der Waals surface area contributed by atoms with Gasteiger partial charge in [-0.15, -0.1) is 11.8 Å². The summed E-state index contributed by atoms with van der Waals surface area (Å²) in [5.74, 6) is -0.706.